The molecular formula is C35H42FN7O6Si. The summed E-state index contributed by atoms with van der Waals surface area (Å²) in [4.78, 5) is 68.4. The molecule has 4 rings (SSSR count). The number of carboxylic acid groups (broad SMARTS) is 1. The summed E-state index contributed by atoms with van der Waals surface area (Å²) in [6.45, 7) is 6.45. The van der Waals surface area contributed by atoms with Crippen LogP contribution in [0.5, 0.6) is 0 Å². The van der Waals surface area contributed by atoms with Crippen LogP contribution in [0.25, 0.3) is 10.9 Å². The number of nitrogens with zero attached hydrogens (tertiary/aromatic N) is 5. The van der Waals surface area contributed by atoms with Gasteiger partial charge in [-0.1, -0.05) is 17.2 Å². The zero-order chi connectivity index (χ0) is 36.4. The van der Waals surface area contributed by atoms with Gasteiger partial charge in [-0.2, -0.15) is 0 Å². The van der Waals surface area contributed by atoms with E-state index in [1.807, 2.05) is 19.3 Å². The summed E-state index contributed by atoms with van der Waals surface area (Å²) in [5.41, 5.74) is 1.75. The van der Waals surface area contributed by atoms with E-state index < -0.39 is 32.1 Å². The molecule has 0 aliphatic heterocycles. The lowest BCUT2D eigenvalue weighted by Crippen LogP contribution is -2.41. The molecular weight excluding hydrogens is 662 g/mol. The molecule has 0 bridgehead atoms. The minimum Gasteiger partial charge on any atom is -0.480 e. The second-order valence-electron chi connectivity index (χ2n) is 12.9. The summed E-state index contributed by atoms with van der Waals surface area (Å²) < 4.78 is 17.0. The Morgan fingerprint density at radius 1 is 1.16 bits per heavy atom. The number of benzene rings is 2. The highest BCUT2D eigenvalue weighted by Crippen LogP contribution is 2.22. The quantitative estimate of drug-likeness (QED) is 0.0880. The number of carbonyl (C=O) groups is 3. The summed E-state index contributed by atoms with van der Waals surface area (Å²) in [5, 5.41) is 20.6. The maximum atomic E-state index is 15.3. The van der Waals surface area contributed by atoms with Gasteiger partial charge in [-0.3, -0.25) is 19.1 Å². The number of aryl methyl sites for hydroxylation is 3. The molecule has 2 heterocycles. The second kappa shape index (κ2) is 16.9. The fraction of sp³-hybridized carbons (Fsp3) is 0.400. The highest BCUT2D eigenvalue weighted by Gasteiger charge is 2.24. The number of terminal acetylenes is 1. The van der Waals surface area contributed by atoms with Crippen molar-refractivity contribution in [3.63, 3.8) is 0 Å². The van der Waals surface area contributed by atoms with E-state index in [-0.39, 0.29) is 49.3 Å². The number of carboxylic acids is 1. The van der Waals surface area contributed by atoms with Gasteiger partial charge < -0.3 is 25.1 Å². The Bertz CT molecular complexity index is 1950. The fourth-order valence-corrected chi connectivity index (χ4v) is 6.50. The predicted octanol–water partition coefficient (Wildman–Crippen LogP) is 3.74. The van der Waals surface area contributed by atoms with Crippen LogP contribution in [-0.2, 0) is 29.1 Å². The number of anilines is 1. The van der Waals surface area contributed by atoms with E-state index >= 15 is 4.39 Å². The van der Waals surface area contributed by atoms with Crippen LogP contribution in [0.4, 0.5) is 10.1 Å². The van der Waals surface area contributed by atoms with E-state index in [4.69, 9.17) is 6.42 Å². The molecule has 1 amide bonds. The van der Waals surface area contributed by atoms with Crippen LogP contribution in [0, 0.1) is 25.1 Å². The molecule has 2 aromatic carbocycles. The van der Waals surface area contributed by atoms with Gasteiger partial charge in [0, 0.05) is 37.8 Å². The molecule has 2 aromatic heterocycles. The van der Waals surface area contributed by atoms with E-state index in [2.05, 4.69) is 31.5 Å². The van der Waals surface area contributed by atoms with Gasteiger partial charge in [0.2, 0.25) is 0 Å². The lowest BCUT2D eigenvalue weighted by atomic mass is 10.0. The summed E-state index contributed by atoms with van der Waals surface area (Å²) >= 11 is 0. The van der Waals surface area contributed by atoms with Gasteiger partial charge >= 0.3 is 5.97 Å². The van der Waals surface area contributed by atoms with Gasteiger partial charge in [-0.05, 0) is 87.6 Å². The van der Waals surface area contributed by atoms with Crippen LogP contribution >= 0.6 is 0 Å². The van der Waals surface area contributed by atoms with Crippen LogP contribution in [0.3, 0.4) is 0 Å². The number of H-pyrrole nitrogens is 1. The fourth-order valence-electron chi connectivity index (χ4n) is 5.48. The van der Waals surface area contributed by atoms with Gasteiger partial charge in [0.15, 0.2) is 8.32 Å². The number of hydrogen-bond acceptors (Lipinski definition) is 9. The number of rotatable bonds is 18. The van der Waals surface area contributed by atoms with Gasteiger partial charge in [0.1, 0.15) is 23.5 Å². The largest absolute Gasteiger partial charge is 0.480 e. The van der Waals surface area contributed by atoms with E-state index in [9.17, 15) is 29.1 Å². The van der Waals surface area contributed by atoms with Crippen LogP contribution < -0.4 is 15.8 Å². The minimum absolute atomic E-state index is 0.0798. The number of amides is 1. The Balaban J connectivity index is 1.30. The third-order valence-electron chi connectivity index (χ3n) is 8.07. The number of aliphatic carboxylic acids is 1. The van der Waals surface area contributed by atoms with Crippen molar-refractivity contribution >= 4 is 42.6 Å². The number of fused-ring (bicyclic) bond motifs is 1. The zero-order valence-electron chi connectivity index (χ0n) is 28.4. The standard InChI is InChI=1S/C35H42FN7O6Si/c1-5-16-42(21-24-10-14-31-29(19-24)34(46)38-23(2)37-31)26-11-13-28(30(36)20-26)33(45)39-32(35(47)48)15-12-27(44)9-6-8-25-22-43(41-40-25)17-7-18-50(3,4)49/h1,10-11,13-14,19-20,22,32,49H,6-9,12,15-18,21H2,2-4H3,(H,39,45)(H,47,48)(H,37,38,46)/t32-/m0/s1. The SMILES string of the molecule is C#CCN(Cc1ccc2nc(C)[nH]c(=O)c2c1)c1ccc(C(=O)N[C@@H](CCC(=O)CCCc2cn(CCC[Si](C)(C)O)nn2)C(=O)O)c(F)c1. The molecule has 264 valence electrons. The summed E-state index contributed by atoms with van der Waals surface area (Å²) in [7, 11) is -2.11. The topological polar surface area (TPSA) is 183 Å². The van der Waals surface area contributed by atoms with Crippen LogP contribution in [0.15, 0.2) is 47.4 Å². The lowest BCUT2D eigenvalue weighted by Gasteiger charge is -2.23. The zero-order valence-corrected chi connectivity index (χ0v) is 29.4. The number of halogens is 1. The first-order chi connectivity index (χ1) is 23.7. The molecule has 4 aromatic rings. The smallest absolute Gasteiger partial charge is 0.326 e. The molecule has 15 heteroatoms. The first kappa shape index (κ1) is 37.6. The molecule has 13 nitrogen and oxygen atoms in total. The molecule has 0 unspecified atom stereocenters. The lowest BCUT2D eigenvalue weighted by molar-refractivity contribution is -0.139. The molecule has 0 aliphatic rings. The highest BCUT2D eigenvalue weighted by atomic mass is 28.4. The maximum Gasteiger partial charge on any atom is 0.326 e. The average Bonchev–Trinajstić information content (AvgIpc) is 3.49. The number of nitrogens with one attached hydrogen (secondary N) is 2. The Kier molecular flexibility index (Phi) is 12.7. The van der Waals surface area contributed by atoms with Gasteiger partial charge in [-0.25, -0.2) is 14.2 Å². The molecule has 0 saturated heterocycles. The summed E-state index contributed by atoms with van der Waals surface area (Å²) in [6.07, 6.45) is 9.19. The van der Waals surface area contributed by atoms with Crippen molar-refractivity contribution in [2.45, 2.75) is 83.7 Å². The Morgan fingerprint density at radius 3 is 2.64 bits per heavy atom. The van der Waals surface area contributed by atoms with Crippen molar-refractivity contribution in [2.75, 3.05) is 11.4 Å². The van der Waals surface area contributed by atoms with Gasteiger partial charge in [0.25, 0.3) is 11.5 Å². The third-order valence-corrected chi connectivity index (χ3v) is 9.65. The van der Waals surface area contributed by atoms with Crippen LogP contribution in [-0.4, -0.2) is 73.4 Å². The minimum atomic E-state index is -2.11. The molecule has 0 fully saturated rings. The average molecular weight is 704 g/mol. The van der Waals surface area contributed by atoms with Crippen molar-refractivity contribution < 1.29 is 28.7 Å². The second-order valence-corrected chi connectivity index (χ2v) is 17.0. The molecule has 0 spiro atoms. The van der Waals surface area contributed by atoms with Crippen molar-refractivity contribution in [1.29, 1.82) is 0 Å². The van der Waals surface area contributed by atoms with Crippen molar-refractivity contribution in [2.24, 2.45) is 0 Å². The molecule has 0 aliphatic carbocycles. The van der Waals surface area contributed by atoms with E-state index in [0.29, 0.717) is 41.8 Å². The van der Waals surface area contributed by atoms with E-state index in [1.54, 1.807) is 34.7 Å². The molecule has 0 radical (unpaired) electrons. The Morgan fingerprint density at radius 2 is 1.94 bits per heavy atom. The Hall–Kier alpha value is -5.20. The number of aromatic amines is 1. The summed E-state index contributed by atoms with van der Waals surface area (Å²) in [5.74, 6) is -0.292. The monoisotopic (exact) mass is 703 g/mol. The molecule has 1 atom stereocenters. The number of aromatic nitrogens is 5. The Labute approximate surface area is 290 Å². The van der Waals surface area contributed by atoms with Crippen LogP contribution in [0.2, 0.25) is 19.1 Å². The molecule has 0 saturated carbocycles. The van der Waals surface area contributed by atoms with Crippen molar-refractivity contribution in [3.05, 3.63) is 81.4 Å². The van der Waals surface area contributed by atoms with Gasteiger partial charge in [0.05, 0.1) is 28.7 Å². The normalized spacial score (nSPS) is 12.0. The molecule has 4 N–H and O–H groups in total. The third kappa shape index (κ3) is 10.9. The number of ketones is 1. The highest BCUT2D eigenvalue weighted by molar-refractivity contribution is 6.69. The van der Waals surface area contributed by atoms with E-state index in [1.165, 1.54) is 12.1 Å². The number of Topliss-reactive ketones (excluding diaryl/α,β-unsaturated/α-hetero) is 1. The first-order valence-corrected chi connectivity index (χ1v) is 19.5. The number of carbonyl (C=O) groups excluding carboxylic acids is 2. The van der Waals surface area contributed by atoms with Crippen molar-refractivity contribution in [3.8, 4) is 12.3 Å². The maximum absolute atomic E-state index is 15.3. The van der Waals surface area contributed by atoms with Crippen LogP contribution in [0.1, 0.15) is 59.5 Å². The predicted molar refractivity (Wildman–Crippen MR) is 189 cm³/mol. The number of hydrogen-bond donors (Lipinski definition) is 4. The summed E-state index contributed by atoms with van der Waals surface area (Å²) in [6, 6.07) is 8.46. The van der Waals surface area contributed by atoms with Crippen molar-refractivity contribution in [1.82, 2.24) is 30.3 Å². The molecule has 50 heavy (non-hydrogen) atoms. The van der Waals surface area contributed by atoms with E-state index in [0.717, 1.165) is 29.8 Å². The first-order valence-electron chi connectivity index (χ1n) is 16.4. The van der Waals surface area contributed by atoms with Gasteiger partial charge in [-0.15, -0.1) is 11.5 Å².